The van der Waals surface area contributed by atoms with Crippen molar-refractivity contribution in [1.29, 1.82) is 0 Å². The third kappa shape index (κ3) is 4.27. The Kier molecular flexibility index (Phi) is 6.96. The van der Waals surface area contributed by atoms with Crippen LogP contribution in [0.1, 0.15) is 59.5 Å². The summed E-state index contributed by atoms with van der Waals surface area (Å²) in [5.41, 5.74) is -6.10. The van der Waals surface area contributed by atoms with Crippen molar-refractivity contribution in [2.75, 3.05) is 20.7 Å². The molecule has 42 heavy (non-hydrogen) atoms. The highest BCUT2D eigenvalue weighted by atomic mass is 19.4. The molecule has 1 fully saturated rings. The Bertz CT molecular complexity index is 1530. The van der Waals surface area contributed by atoms with E-state index in [9.17, 15) is 48.2 Å². The zero-order valence-corrected chi connectivity index (χ0v) is 22.5. The molecule has 5 rings (SSSR count). The molecule has 1 aromatic heterocycles. The number of hydrogen-bond donors (Lipinski definition) is 3. The fourth-order valence-electron chi connectivity index (χ4n) is 6.21. The molecule has 16 heteroatoms. The summed E-state index contributed by atoms with van der Waals surface area (Å²) >= 11 is 0. The largest absolute Gasteiger partial charge is 0.573 e. The molecule has 1 heterocycles. The molecule has 4 atom stereocenters. The Morgan fingerprint density at radius 2 is 1.93 bits per heavy atom. The van der Waals surface area contributed by atoms with E-state index in [1.54, 1.807) is 19.0 Å². The SMILES string of the molecule is CCCCOc1noc2c1C(=O)[C@@]1(O)C(=O)C3=C(O)c4c(O)c([N+](=O)[O-])cc(OC(F)(F)F)c4C[C@H]3C[C@H]1[C@@H]2N(C)C. The summed E-state index contributed by atoms with van der Waals surface area (Å²) in [6, 6.07) is -0.543. The van der Waals surface area contributed by atoms with Gasteiger partial charge in [-0.3, -0.25) is 24.6 Å². The number of aliphatic hydroxyl groups is 2. The number of aliphatic hydroxyl groups excluding tert-OH is 1. The molecule has 226 valence electrons. The molecular formula is C26H26F3N3O10. The molecule has 0 amide bonds. The van der Waals surface area contributed by atoms with Gasteiger partial charge < -0.3 is 29.3 Å². The van der Waals surface area contributed by atoms with Crippen LogP contribution in [0.15, 0.2) is 16.2 Å². The summed E-state index contributed by atoms with van der Waals surface area (Å²) in [5.74, 6) is -8.21. The van der Waals surface area contributed by atoms with Crippen molar-refractivity contribution in [3.8, 4) is 17.4 Å². The van der Waals surface area contributed by atoms with Gasteiger partial charge in [-0.05, 0) is 44.4 Å². The number of ether oxygens (including phenoxy) is 2. The predicted molar refractivity (Wildman–Crippen MR) is 134 cm³/mol. The topological polar surface area (TPSA) is 186 Å². The van der Waals surface area contributed by atoms with Crippen LogP contribution in [0.4, 0.5) is 18.9 Å². The van der Waals surface area contributed by atoms with Crippen LogP contribution in [-0.2, 0) is 11.2 Å². The summed E-state index contributed by atoms with van der Waals surface area (Å²) < 4.78 is 54.8. The maximum Gasteiger partial charge on any atom is 0.573 e. The van der Waals surface area contributed by atoms with Crippen LogP contribution in [-0.4, -0.2) is 74.5 Å². The molecule has 0 saturated heterocycles. The first-order valence-electron chi connectivity index (χ1n) is 13.0. The quantitative estimate of drug-likeness (QED) is 0.182. The van der Waals surface area contributed by atoms with Crippen LogP contribution < -0.4 is 9.47 Å². The number of Topliss-reactive ketones (excluding diaryl/α,β-unsaturated/α-hetero) is 2. The van der Waals surface area contributed by atoms with Crippen molar-refractivity contribution < 1.29 is 57.0 Å². The number of phenolic OH excluding ortho intramolecular Hbond substituents is 1. The Morgan fingerprint density at radius 1 is 1.24 bits per heavy atom. The minimum Gasteiger partial charge on any atom is -0.507 e. The number of fused-ring (bicyclic) bond motifs is 4. The van der Waals surface area contributed by atoms with E-state index in [0.717, 1.165) is 6.42 Å². The van der Waals surface area contributed by atoms with Gasteiger partial charge in [-0.1, -0.05) is 13.3 Å². The highest BCUT2D eigenvalue weighted by molar-refractivity contribution is 6.26. The molecule has 3 aliphatic carbocycles. The van der Waals surface area contributed by atoms with E-state index in [0.29, 0.717) is 12.5 Å². The maximum absolute atomic E-state index is 14.0. The number of unbranched alkanes of at least 4 members (excludes halogenated alkanes) is 1. The number of carbonyl (C=O) groups excluding carboxylic acids is 2. The van der Waals surface area contributed by atoms with Crippen LogP contribution in [0, 0.1) is 22.0 Å². The maximum atomic E-state index is 14.0. The van der Waals surface area contributed by atoms with Gasteiger partial charge in [0.05, 0.1) is 29.2 Å². The van der Waals surface area contributed by atoms with E-state index >= 15 is 0 Å². The first-order valence-corrected chi connectivity index (χ1v) is 13.0. The van der Waals surface area contributed by atoms with E-state index in [4.69, 9.17) is 9.26 Å². The summed E-state index contributed by atoms with van der Waals surface area (Å²) in [4.78, 5) is 39.8. The van der Waals surface area contributed by atoms with Crippen molar-refractivity contribution >= 4 is 23.0 Å². The highest BCUT2D eigenvalue weighted by Crippen LogP contribution is 2.57. The summed E-state index contributed by atoms with van der Waals surface area (Å²) in [6.45, 7) is 2.07. The number of aromatic hydroxyl groups is 1. The molecule has 1 saturated carbocycles. The molecule has 0 bridgehead atoms. The number of aromatic nitrogens is 1. The number of alkyl halides is 3. The Labute approximate surface area is 235 Å². The molecule has 2 aromatic rings. The van der Waals surface area contributed by atoms with Gasteiger partial charge in [-0.2, -0.15) is 0 Å². The third-order valence-corrected chi connectivity index (χ3v) is 7.99. The highest BCUT2D eigenvalue weighted by Gasteiger charge is 2.65. The first-order chi connectivity index (χ1) is 19.6. The second-order valence-electron chi connectivity index (χ2n) is 10.7. The van der Waals surface area contributed by atoms with Gasteiger partial charge in [0.25, 0.3) is 5.88 Å². The summed E-state index contributed by atoms with van der Waals surface area (Å²) in [5, 5.41) is 49.1. The number of phenols is 1. The van der Waals surface area contributed by atoms with Gasteiger partial charge in [-0.15, -0.1) is 13.2 Å². The second-order valence-corrected chi connectivity index (χ2v) is 10.7. The number of nitrogens with zero attached hydrogens (tertiary/aromatic N) is 3. The molecule has 3 N–H and O–H groups in total. The normalized spacial score (nSPS) is 25.1. The fourth-order valence-corrected chi connectivity index (χ4v) is 6.21. The average Bonchev–Trinajstić information content (AvgIpc) is 3.30. The number of halogens is 3. The zero-order chi connectivity index (χ0) is 30.9. The zero-order valence-electron chi connectivity index (χ0n) is 22.5. The van der Waals surface area contributed by atoms with Crippen LogP contribution in [0.2, 0.25) is 0 Å². The lowest BCUT2D eigenvalue weighted by molar-refractivity contribution is -0.386. The molecule has 3 aliphatic rings. The standard InChI is InChI=1S/C26H26F3N3O10/c1-4-5-6-40-24-17-21(42-30-24)18(31(2)3)12-8-10-7-11-14(41-26(27,28)29)9-13(32(38)39)19(33)16(11)20(34)15(10)22(35)25(12,37)23(17)36/h9-10,12,18,33-34,37H,4-8H2,1-3H3/t10-,12-,18-,25-/m0/s1. The minimum absolute atomic E-state index is 0.0289. The van der Waals surface area contributed by atoms with Gasteiger partial charge in [0.15, 0.2) is 11.4 Å². The monoisotopic (exact) mass is 597 g/mol. The fraction of sp³-hybridized carbons (Fsp3) is 0.500. The van der Waals surface area contributed by atoms with Crippen LogP contribution >= 0.6 is 0 Å². The van der Waals surface area contributed by atoms with Crippen LogP contribution in [0.5, 0.6) is 17.4 Å². The van der Waals surface area contributed by atoms with Gasteiger partial charge in [0, 0.05) is 17.1 Å². The van der Waals surface area contributed by atoms with Gasteiger partial charge in [-0.25, -0.2) is 0 Å². The number of nitro groups is 1. The van der Waals surface area contributed by atoms with E-state index in [2.05, 4.69) is 9.89 Å². The molecule has 0 radical (unpaired) electrons. The van der Waals surface area contributed by atoms with E-state index < -0.39 is 92.4 Å². The van der Waals surface area contributed by atoms with E-state index in [-0.39, 0.29) is 30.2 Å². The molecular weight excluding hydrogens is 571 g/mol. The van der Waals surface area contributed by atoms with E-state index in [1.807, 2.05) is 6.92 Å². The summed E-state index contributed by atoms with van der Waals surface area (Å²) in [7, 11) is 3.20. The lowest BCUT2D eigenvalue weighted by Crippen LogP contribution is -2.63. The molecule has 0 unspecified atom stereocenters. The molecule has 13 nitrogen and oxygen atoms in total. The number of ketones is 2. The predicted octanol–water partition coefficient (Wildman–Crippen LogP) is 3.63. The molecule has 1 aromatic carbocycles. The van der Waals surface area contributed by atoms with Crippen molar-refractivity contribution in [1.82, 2.24) is 10.1 Å². The van der Waals surface area contributed by atoms with Gasteiger partial charge >= 0.3 is 12.0 Å². The Hall–Kier alpha value is -4.18. The first kappa shape index (κ1) is 29.3. The average molecular weight is 597 g/mol. The van der Waals surface area contributed by atoms with Crippen LogP contribution in [0.25, 0.3) is 5.76 Å². The van der Waals surface area contributed by atoms with Crippen molar-refractivity contribution in [3.05, 3.63) is 44.2 Å². The van der Waals surface area contributed by atoms with E-state index in [1.165, 1.54) is 0 Å². The number of hydrogen-bond acceptors (Lipinski definition) is 12. The number of benzene rings is 1. The Balaban J connectivity index is 1.70. The third-order valence-electron chi connectivity index (χ3n) is 7.99. The minimum atomic E-state index is -5.29. The second kappa shape index (κ2) is 9.97. The smallest absolute Gasteiger partial charge is 0.507 e. The van der Waals surface area contributed by atoms with Gasteiger partial charge in [0.2, 0.25) is 17.3 Å². The van der Waals surface area contributed by atoms with Crippen molar-refractivity contribution in [2.24, 2.45) is 11.8 Å². The molecule has 0 spiro atoms. The lowest BCUT2D eigenvalue weighted by atomic mass is 9.57. The summed E-state index contributed by atoms with van der Waals surface area (Å²) in [6.07, 6.45) is -4.59. The van der Waals surface area contributed by atoms with Crippen molar-refractivity contribution in [2.45, 2.75) is 50.6 Å². The molecule has 0 aliphatic heterocycles. The number of rotatable bonds is 7. The number of carbonyl (C=O) groups is 2. The van der Waals surface area contributed by atoms with Gasteiger partial charge in [0.1, 0.15) is 17.1 Å². The van der Waals surface area contributed by atoms with Crippen molar-refractivity contribution in [3.63, 3.8) is 0 Å². The van der Waals surface area contributed by atoms with Crippen LogP contribution in [0.3, 0.4) is 0 Å². The number of nitro benzene ring substituents is 1. The Morgan fingerprint density at radius 3 is 2.52 bits per heavy atom. The lowest BCUT2D eigenvalue weighted by Gasteiger charge is -2.49.